The number of nitrogens with zero attached hydrogens (tertiary/aromatic N) is 2. The van der Waals surface area contributed by atoms with E-state index >= 15 is 0 Å². The number of anilines is 1. The number of para-hydroxylation sites is 1. The Morgan fingerprint density at radius 3 is 2.57 bits per heavy atom. The van der Waals surface area contributed by atoms with Gasteiger partial charge in [-0.1, -0.05) is 45.9 Å². The van der Waals surface area contributed by atoms with E-state index in [1.54, 1.807) is 44.2 Å². The molecule has 1 saturated heterocycles. The number of nitrogen functional groups attached to an aromatic ring is 1. The maximum absolute atomic E-state index is 13.7. The SMILES string of the molecule is CC(C)COC(=O)C(C)NP(=O)(OCC1OC(n2ccc(N)nc2=O)C(C)(C)C1O)Oc1ccccc1. The number of nitrogens with one attached hydrogen (secondary N) is 1. The number of benzene rings is 1. The third-order valence-electron chi connectivity index (χ3n) is 5.80. The van der Waals surface area contributed by atoms with Crippen LogP contribution in [0.3, 0.4) is 0 Å². The summed E-state index contributed by atoms with van der Waals surface area (Å²) < 4.78 is 37.4. The molecule has 1 aliphatic rings. The van der Waals surface area contributed by atoms with Gasteiger partial charge >= 0.3 is 19.4 Å². The maximum Gasteiger partial charge on any atom is 0.459 e. The maximum atomic E-state index is 13.7. The van der Waals surface area contributed by atoms with Gasteiger partial charge in [0.05, 0.1) is 19.3 Å². The molecule has 1 aromatic heterocycles. The van der Waals surface area contributed by atoms with E-state index in [0.29, 0.717) is 0 Å². The van der Waals surface area contributed by atoms with Gasteiger partial charge in [0.1, 0.15) is 29.9 Å². The number of esters is 1. The first-order valence-electron chi connectivity index (χ1n) is 11.9. The zero-order valence-corrected chi connectivity index (χ0v) is 22.5. The zero-order chi connectivity index (χ0) is 27.4. The van der Waals surface area contributed by atoms with Crippen molar-refractivity contribution in [1.82, 2.24) is 14.6 Å². The third kappa shape index (κ3) is 7.18. The van der Waals surface area contributed by atoms with Crippen molar-refractivity contribution in [3.05, 3.63) is 53.1 Å². The fourth-order valence-electron chi connectivity index (χ4n) is 3.74. The van der Waals surface area contributed by atoms with E-state index in [0.717, 1.165) is 0 Å². The van der Waals surface area contributed by atoms with E-state index in [-0.39, 0.29) is 30.7 Å². The highest BCUT2D eigenvalue weighted by Crippen LogP contribution is 2.48. The van der Waals surface area contributed by atoms with Crippen molar-refractivity contribution in [2.75, 3.05) is 18.9 Å². The Bertz CT molecular complexity index is 1170. The summed E-state index contributed by atoms with van der Waals surface area (Å²) in [5.74, 6) is -0.195. The lowest BCUT2D eigenvalue weighted by Crippen LogP contribution is -2.39. The average Bonchev–Trinajstić information content (AvgIpc) is 3.05. The van der Waals surface area contributed by atoms with Crippen molar-refractivity contribution >= 4 is 19.5 Å². The van der Waals surface area contributed by atoms with Crippen molar-refractivity contribution in [2.45, 2.75) is 59.1 Å². The van der Waals surface area contributed by atoms with Crippen molar-refractivity contribution in [2.24, 2.45) is 11.3 Å². The van der Waals surface area contributed by atoms with E-state index in [1.165, 1.54) is 23.8 Å². The molecule has 13 heteroatoms. The van der Waals surface area contributed by atoms with E-state index in [9.17, 15) is 19.3 Å². The number of nitrogens with two attached hydrogens (primary N) is 1. The van der Waals surface area contributed by atoms with Gasteiger partial charge in [0.15, 0.2) is 0 Å². The number of hydrogen-bond acceptors (Lipinski definition) is 10. The molecule has 1 fully saturated rings. The average molecular weight is 539 g/mol. The molecule has 0 saturated carbocycles. The quantitative estimate of drug-likeness (QED) is 0.284. The molecule has 204 valence electrons. The van der Waals surface area contributed by atoms with E-state index in [1.807, 2.05) is 13.8 Å². The second-order valence-corrected chi connectivity index (χ2v) is 11.6. The van der Waals surface area contributed by atoms with Gasteiger partial charge in [-0.3, -0.25) is 13.9 Å². The number of carbonyl (C=O) groups is 1. The lowest BCUT2D eigenvalue weighted by molar-refractivity contribution is -0.146. The molecule has 0 amide bonds. The molecule has 37 heavy (non-hydrogen) atoms. The number of ether oxygens (including phenoxy) is 2. The lowest BCUT2D eigenvalue weighted by atomic mass is 9.84. The van der Waals surface area contributed by atoms with Crippen LogP contribution in [0.5, 0.6) is 5.75 Å². The van der Waals surface area contributed by atoms with Gasteiger partial charge in [-0.15, -0.1) is 0 Å². The third-order valence-corrected chi connectivity index (χ3v) is 7.44. The Labute approximate surface area is 215 Å². The Morgan fingerprint density at radius 1 is 1.27 bits per heavy atom. The molecule has 2 aromatic rings. The summed E-state index contributed by atoms with van der Waals surface area (Å²) in [6.45, 7) is 8.54. The monoisotopic (exact) mass is 538 g/mol. The topological polar surface area (TPSA) is 164 Å². The van der Waals surface area contributed by atoms with Gasteiger partial charge in [-0.2, -0.15) is 10.1 Å². The fraction of sp³-hybridized carbons (Fsp3) is 0.542. The summed E-state index contributed by atoms with van der Waals surface area (Å²) in [6.07, 6.45) is -1.56. The van der Waals surface area contributed by atoms with Crippen LogP contribution in [-0.4, -0.2) is 52.1 Å². The number of rotatable bonds is 11. The Morgan fingerprint density at radius 2 is 1.95 bits per heavy atom. The molecule has 2 heterocycles. The van der Waals surface area contributed by atoms with Crippen LogP contribution >= 0.6 is 7.75 Å². The smallest absolute Gasteiger partial charge is 0.459 e. The van der Waals surface area contributed by atoms with Crippen LogP contribution in [0.25, 0.3) is 0 Å². The highest BCUT2D eigenvalue weighted by atomic mass is 31.2. The van der Waals surface area contributed by atoms with E-state index < -0.39 is 49.3 Å². The molecule has 1 aliphatic heterocycles. The van der Waals surface area contributed by atoms with Crippen molar-refractivity contribution in [1.29, 1.82) is 0 Å². The summed E-state index contributed by atoms with van der Waals surface area (Å²) in [7, 11) is -4.17. The molecule has 12 nitrogen and oxygen atoms in total. The number of carbonyl (C=O) groups excluding carboxylic acids is 1. The van der Waals surface area contributed by atoms with Gasteiger partial charge in [-0.25, -0.2) is 9.36 Å². The molecule has 4 N–H and O–H groups in total. The Kier molecular flexibility index (Phi) is 9.14. The molecule has 0 radical (unpaired) electrons. The van der Waals surface area contributed by atoms with Crippen molar-refractivity contribution in [3.63, 3.8) is 0 Å². The summed E-state index contributed by atoms with van der Waals surface area (Å²) in [5.41, 5.74) is 4.00. The molecule has 3 rings (SSSR count). The fourth-order valence-corrected chi connectivity index (χ4v) is 5.25. The summed E-state index contributed by atoms with van der Waals surface area (Å²) in [4.78, 5) is 28.5. The van der Waals surface area contributed by atoms with Crippen molar-refractivity contribution < 1.29 is 33.0 Å². The van der Waals surface area contributed by atoms with E-state index in [2.05, 4.69) is 10.1 Å². The second-order valence-electron chi connectivity index (χ2n) is 9.91. The van der Waals surface area contributed by atoms with Crippen LogP contribution in [0.2, 0.25) is 0 Å². The van der Waals surface area contributed by atoms with Crippen LogP contribution in [0, 0.1) is 11.3 Å². The lowest BCUT2D eigenvalue weighted by Gasteiger charge is -2.29. The summed E-state index contributed by atoms with van der Waals surface area (Å²) in [6, 6.07) is 8.73. The predicted octanol–water partition coefficient (Wildman–Crippen LogP) is 2.49. The molecule has 0 spiro atoms. The largest absolute Gasteiger partial charge is 0.464 e. The first-order valence-corrected chi connectivity index (χ1v) is 13.5. The number of aromatic nitrogens is 2. The second kappa shape index (κ2) is 11.7. The van der Waals surface area contributed by atoms with Gasteiger partial charge in [0.2, 0.25) is 0 Å². The standard InChI is InChI=1S/C24H35N4O8P/c1-15(2)13-33-21(30)16(3)27-37(32,36-17-9-7-6-8-10-17)34-14-18-20(29)24(4,5)22(35-18)28-12-11-19(25)26-23(28)31/h6-12,15-16,18,20,22,29H,13-14H2,1-5H3,(H,27,32)(H2,25,26,31). The Balaban J connectivity index is 1.77. The minimum Gasteiger partial charge on any atom is -0.464 e. The van der Waals surface area contributed by atoms with E-state index in [4.69, 9.17) is 24.3 Å². The molecule has 0 bridgehead atoms. The minimum absolute atomic E-state index is 0.0589. The minimum atomic E-state index is -4.17. The van der Waals surface area contributed by atoms with Crippen LogP contribution < -0.4 is 21.0 Å². The van der Waals surface area contributed by atoms with Gasteiger partial charge in [0, 0.05) is 11.6 Å². The van der Waals surface area contributed by atoms with Crippen LogP contribution in [-0.2, 0) is 23.4 Å². The van der Waals surface area contributed by atoms with Gasteiger partial charge in [-0.05, 0) is 31.0 Å². The van der Waals surface area contributed by atoms with Crippen molar-refractivity contribution in [3.8, 4) is 5.75 Å². The molecular formula is C24H35N4O8P. The number of hydrogen-bond donors (Lipinski definition) is 3. The number of aliphatic hydroxyl groups is 1. The number of aliphatic hydroxyl groups excluding tert-OH is 1. The molecule has 1 aromatic carbocycles. The summed E-state index contributed by atoms with van der Waals surface area (Å²) >= 11 is 0. The zero-order valence-electron chi connectivity index (χ0n) is 21.6. The molecular weight excluding hydrogens is 503 g/mol. The highest BCUT2D eigenvalue weighted by Gasteiger charge is 2.52. The Hall–Kier alpha value is -2.76. The van der Waals surface area contributed by atoms with Gasteiger partial charge in [0.25, 0.3) is 0 Å². The highest BCUT2D eigenvalue weighted by molar-refractivity contribution is 7.52. The first kappa shape index (κ1) is 28.8. The molecule has 5 unspecified atom stereocenters. The normalized spacial score (nSPS) is 23.4. The molecule has 5 atom stereocenters. The summed E-state index contributed by atoms with van der Waals surface area (Å²) in [5, 5.41) is 13.6. The first-order chi connectivity index (χ1) is 17.3. The van der Waals surface area contributed by atoms with Gasteiger partial charge < -0.3 is 24.8 Å². The van der Waals surface area contributed by atoms with Crippen LogP contribution in [0.15, 0.2) is 47.4 Å². The van der Waals surface area contributed by atoms with Crippen LogP contribution in [0.1, 0.15) is 40.8 Å². The predicted molar refractivity (Wildman–Crippen MR) is 136 cm³/mol. The molecule has 0 aliphatic carbocycles. The van der Waals surface area contributed by atoms with Crippen LogP contribution in [0.4, 0.5) is 5.82 Å².